The highest BCUT2D eigenvalue weighted by atomic mass is 16.5. The van der Waals surface area contributed by atoms with Crippen LogP contribution < -0.4 is 4.74 Å². The van der Waals surface area contributed by atoms with Gasteiger partial charge in [-0.25, -0.2) is 0 Å². The number of aryl methyl sites for hydroxylation is 1. The largest absolute Gasteiger partial charge is 0.457 e. The Bertz CT molecular complexity index is 686. The van der Waals surface area contributed by atoms with Gasteiger partial charge in [-0.15, -0.1) is 0 Å². The Morgan fingerprint density at radius 2 is 2.20 bits per heavy atom. The van der Waals surface area contributed by atoms with E-state index in [0.717, 1.165) is 35.6 Å². The van der Waals surface area contributed by atoms with Crippen LogP contribution in [0.2, 0.25) is 0 Å². The Morgan fingerprint density at radius 1 is 1.30 bits per heavy atom. The number of pyridine rings is 1. The maximum absolute atomic E-state index is 5.74. The van der Waals surface area contributed by atoms with Crippen molar-refractivity contribution in [2.24, 2.45) is 0 Å². The fourth-order valence-electron chi connectivity index (χ4n) is 2.35. The summed E-state index contributed by atoms with van der Waals surface area (Å²) in [6.07, 6.45) is 7.56. The first-order valence-electron chi connectivity index (χ1n) is 6.89. The summed E-state index contributed by atoms with van der Waals surface area (Å²) in [6.45, 7) is 5.89. The van der Waals surface area contributed by atoms with Crippen molar-refractivity contribution in [2.45, 2.75) is 19.8 Å². The van der Waals surface area contributed by atoms with Crippen molar-refractivity contribution in [3.63, 3.8) is 0 Å². The molecule has 0 fully saturated rings. The van der Waals surface area contributed by atoms with Gasteiger partial charge in [0.25, 0.3) is 0 Å². The van der Waals surface area contributed by atoms with Gasteiger partial charge < -0.3 is 4.74 Å². The minimum atomic E-state index is 0.830. The molecule has 0 spiro atoms. The second kappa shape index (κ2) is 5.33. The molecule has 20 heavy (non-hydrogen) atoms. The number of fused-ring (bicyclic) bond motifs is 1. The summed E-state index contributed by atoms with van der Waals surface area (Å²) in [4.78, 5) is 4.47. The number of ether oxygens (including phenoxy) is 1. The van der Waals surface area contributed by atoms with Crippen molar-refractivity contribution < 1.29 is 4.74 Å². The Morgan fingerprint density at radius 3 is 3.00 bits per heavy atom. The van der Waals surface area contributed by atoms with Crippen LogP contribution in [-0.4, -0.2) is 4.98 Å². The van der Waals surface area contributed by atoms with Crippen LogP contribution in [0.5, 0.6) is 5.75 Å². The number of aromatic nitrogens is 1. The minimum Gasteiger partial charge on any atom is -0.457 e. The molecule has 0 saturated carbocycles. The molecule has 1 aliphatic heterocycles. The molecular weight excluding hydrogens is 246 g/mol. The third kappa shape index (κ3) is 2.37. The van der Waals surface area contributed by atoms with Gasteiger partial charge in [0.15, 0.2) is 0 Å². The minimum absolute atomic E-state index is 0.830. The number of hydrogen-bond donors (Lipinski definition) is 0. The summed E-state index contributed by atoms with van der Waals surface area (Å²) in [5, 5.41) is 0. The summed E-state index contributed by atoms with van der Waals surface area (Å²) in [7, 11) is 0. The molecule has 0 atom stereocenters. The number of hydrogen-bond acceptors (Lipinski definition) is 2. The number of rotatable bonds is 3. The van der Waals surface area contributed by atoms with Crippen LogP contribution in [0, 0.1) is 0 Å². The van der Waals surface area contributed by atoms with Gasteiger partial charge in [-0.05, 0) is 66.5 Å². The van der Waals surface area contributed by atoms with Gasteiger partial charge in [0.05, 0.1) is 5.69 Å². The molecule has 0 N–H and O–H groups in total. The molecule has 2 nitrogen and oxygen atoms in total. The molecule has 0 saturated heterocycles. The van der Waals surface area contributed by atoms with Crippen molar-refractivity contribution in [3.8, 4) is 17.0 Å². The van der Waals surface area contributed by atoms with E-state index in [1.807, 2.05) is 12.3 Å². The van der Waals surface area contributed by atoms with E-state index in [0.29, 0.717) is 0 Å². The zero-order chi connectivity index (χ0) is 13.9. The molecule has 1 aliphatic rings. The molecule has 1 aromatic carbocycles. The lowest BCUT2D eigenvalue weighted by molar-refractivity contribution is 0.428. The Balaban J connectivity index is 1.96. The van der Waals surface area contributed by atoms with Gasteiger partial charge in [0, 0.05) is 11.8 Å². The summed E-state index contributed by atoms with van der Waals surface area (Å²) in [5.41, 5.74) is 4.65. The predicted molar refractivity (Wildman–Crippen MR) is 81.7 cm³/mol. The van der Waals surface area contributed by atoms with Crippen LogP contribution in [-0.2, 0) is 12.8 Å². The first-order valence-corrected chi connectivity index (χ1v) is 6.89. The van der Waals surface area contributed by atoms with Crippen LogP contribution >= 0.6 is 0 Å². The normalized spacial score (nSPS) is 13.2. The molecule has 1 aromatic heterocycles. The van der Waals surface area contributed by atoms with E-state index in [4.69, 9.17) is 4.74 Å². The summed E-state index contributed by atoms with van der Waals surface area (Å²) in [5.74, 6) is 1.74. The van der Waals surface area contributed by atoms with Gasteiger partial charge in [-0.3, -0.25) is 4.98 Å². The first kappa shape index (κ1) is 12.7. The Labute approximate surface area is 119 Å². The van der Waals surface area contributed by atoms with E-state index in [9.17, 15) is 0 Å². The van der Waals surface area contributed by atoms with Crippen LogP contribution in [0.1, 0.15) is 18.1 Å². The predicted octanol–water partition coefficient (Wildman–Crippen LogP) is 4.32. The molecule has 0 radical (unpaired) electrons. The molecule has 2 aromatic rings. The molecule has 0 unspecified atom stereocenters. The molecule has 0 aliphatic carbocycles. The second-order valence-corrected chi connectivity index (χ2v) is 4.84. The topological polar surface area (TPSA) is 22.1 Å². The van der Waals surface area contributed by atoms with E-state index >= 15 is 0 Å². The molecule has 100 valence electrons. The standard InChI is InChI=1S/C18H17NO/c1-3-13-9-10-19-17(11-13)14-6-8-18-15(12-14)5-7-16(4-2)20-18/h4,6-12H,2-3,5H2,1H3. The quantitative estimate of drug-likeness (QED) is 0.823. The fourth-order valence-corrected chi connectivity index (χ4v) is 2.35. The molecular formula is C18H17NO. The highest BCUT2D eigenvalue weighted by Gasteiger charge is 2.12. The summed E-state index contributed by atoms with van der Waals surface area (Å²) < 4.78 is 5.74. The number of nitrogens with zero attached hydrogens (tertiary/aromatic N) is 1. The Hall–Kier alpha value is -2.35. The van der Waals surface area contributed by atoms with Crippen molar-refractivity contribution in [1.29, 1.82) is 0 Å². The summed E-state index contributed by atoms with van der Waals surface area (Å²) >= 11 is 0. The zero-order valence-electron chi connectivity index (χ0n) is 11.6. The lowest BCUT2D eigenvalue weighted by Gasteiger charge is -2.17. The van der Waals surface area contributed by atoms with Crippen LogP contribution in [0.3, 0.4) is 0 Å². The highest BCUT2D eigenvalue weighted by Crippen LogP contribution is 2.30. The number of allylic oxidation sites excluding steroid dienone is 2. The van der Waals surface area contributed by atoms with Gasteiger partial charge in [-0.2, -0.15) is 0 Å². The second-order valence-electron chi connectivity index (χ2n) is 4.84. The van der Waals surface area contributed by atoms with Crippen LogP contribution in [0.25, 0.3) is 11.3 Å². The van der Waals surface area contributed by atoms with Crippen LogP contribution in [0.4, 0.5) is 0 Å². The smallest absolute Gasteiger partial charge is 0.130 e. The van der Waals surface area contributed by atoms with Gasteiger partial charge >= 0.3 is 0 Å². The maximum atomic E-state index is 5.74. The van der Waals surface area contributed by atoms with Crippen LogP contribution in [0.15, 0.2) is 61.0 Å². The molecule has 0 amide bonds. The fraction of sp³-hybridized carbons (Fsp3) is 0.167. The lowest BCUT2D eigenvalue weighted by atomic mass is 10.0. The highest BCUT2D eigenvalue weighted by molar-refractivity contribution is 5.63. The van der Waals surface area contributed by atoms with E-state index in [-0.39, 0.29) is 0 Å². The van der Waals surface area contributed by atoms with Crippen molar-refractivity contribution in [2.75, 3.05) is 0 Å². The van der Waals surface area contributed by atoms with Crippen molar-refractivity contribution >= 4 is 0 Å². The molecule has 0 bridgehead atoms. The lowest BCUT2D eigenvalue weighted by Crippen LogP contribution is -2.02. The SMILES string of the molecule is C=CC1=CCc2cc(-c3cc(CC)ccn3)ccc2O1. The third-order valence-corrected chi connectivity index (χ3v) is 3.54. The van der Waals surface area contributed by atoms with E-state index in [2.05, 4.69) is 48.8 Å². The molecule has 2 heterocycles. The monoisotopic (exact) mass is 263 g/mol. The number of benzene rings is 1. The van der Waals surface area contributed by atoms with E-state index in [1.54, 1.807) is 6.08 Å². The van der Waals surface area contributed by atoms with Gasteiger partial charge in [0.1, 0.15) is 11.5 Å². The summed E-state index contributed by atoms with van der Waals surface area (Å²) in [6, 6.07) is 10.4. The molecule has 3 rings (SSSR count). The van der Waals surface area contributed by atoms with Crippen molar-refractivity contribution in [1.82, 2.24) is 4.98 Å². The zero-order valence-corrected chi connectivity index (χ0v) is 11.6. The van der Waals surface area contributed by atoms with Gasteiger partial charge in [-0.1, -0.05) is 13.5 Å². The molecule has 2 heteroatoms. The first-order chi connectivity index (χ1) is 9.80. The van der Waals surface area contributed by atoms with Crippen molar-refractivity contribution in [3.05, 3.63) is 72.1 Å². The van der Waals surface area contributed by atoms with Gasteiger partial charge in [0.2, 0.25) is 0 Å². The van der Waals surface area contributed by atoms with E-state index < -0.39 is 0 Å². The van der Waals surface area contributed by atoms with E-state index in [1.165, 1.54) is 11.1 Å². The average molecular weight is 263 g/mol. The third-order valence-electron chi connectivity index (χ3n) is 3.54. The Kier molecular flexibility index (Phi) is 3.38. The average Bonchev–Trinajstić information content (AvgIpc) is 2.54. The maximum Gasteiger partial charge on any atom is 0.130 e.